The Bertz CT molecular complexity index is 701. The predicted molar refractivity (Wildman–Crippen MR) is 94.1 cm³/mol. The van der Waals surface area contributed by atoms with Crippen molar-refractivity contribution >= 4 is 11.9 Å². The van der Waals surface area contributed by atoms with Crippen LogP contribution in [0.15, 0.2) is 35.5 Å². The molecule has 26 heavy (non-hydrogen) atoms. The second-order valence-corrected chi connectivity index (χ2v) is 7.96. The summed E-state index contributed by atoms with van der Waals surface area (Å²) in [6.45, 7) is 11.3. The minimum Gasteiger partial charge on any atom is -0.458 e. The van der Waals surface area contributed by atoms with E-state index in [1.807, 2.05) is 27.7 Å². The molecule has 6 heteroatoms. The van der Waals surface area contributed by atoms with Gasteiger partial charge in [-0.3, -0.25) is 0 Å². The molecule has 6 nitrogen and oxygen atoms in total. The van der Waals surface area contributed by atoms with Gasteiger partial charge in [0.25, 0.3) is 0 Å². The van der Waals surface area contributed by atoms with E-state index >= 15 is 0 Å². The van der Waals surface area contributed by atoms with Gasteiger partial charge in [0.15, 0.2) is 0 Å². The quantitative estimate of drug-likeness (QED) is 0.351. The van der Waals surface area contributed by atoms with E-state index in [-0.39, 0.29) is 6.10 Å². The average Bonchev–Trinajstić information content (AvgIpc) is 3.04. The highest BCUT2D eigenvalue weighted by molar-refractivity contribution is 5.91. The molecule has 0 amide bonds. The Labute approximate surface area is 153 Å². The SMILES string of the molecule is C=C1C(=O)OC2C1C(OC(=O)C=C(C)C)CC(C)=CC(O)CC1(C)OC21. The van der Waals surface area contributed by atoms with E-state index in [0.717, 1.165) is 11.1 Å². The molecular weight excluding hydrogens is 336 g/mol. The first-order valence-electron chi connectivity index (χ1n) is 8.89. The van der Waals surface area contributed by atoms with E-state index in [1.54, 1.807) is 6.08 Å². The molecule has 0 aromatic heterocycles. The van der Waals surface area contributed by atoms with Gasteiger partial charge >= 0.3 is 11.9 Å². The van der Waals surface area contributed by atoms with Crippen LogP contribution in [0.4, 0.5) is 0 Å². The van der Waals surface area contributed by atoms with Crippen molar-refractivity contribution in [1.82, 2.24) is 0 Å². The summed E-state index contributed by atoms with van der Waals surface area (Å²) in [7, 11) is 0. The second-order valence-electron chi connectivity index (χ2n) is 7.96. The van der Waals surface area contributed by atoms with Crippen molar-refractivity contribution in [2.75, 3.05) is 0 Å². The minimum absolute atomic E-state index is 0.303. The van der Waals surface area contributed by atoms with Crippen LogP contribution in [0.25, 0.3) is 0 Å². The molecule has 3 aliphatic rings. The zero-order chi connectivity index (χ0) is 19.2. The summed E-state index contributed by atoms with van der Waals surface area (Å²) in [6, 6.07) is 0. The van der Waals surface area contributed by atoms with Crippen molar-refractivity contribution in [1.29, 1.82) is 0 Å². The molecule has 6 atom stereocenters. The smallest absolute Gasteiger partial charge is 0.334 e. The van der Waals surface area contributed by atoms with Gasteiger partial charge in [0.2, 0.25) is 0 Å². The van der Waals surface area contributed by atoms with Crippen LogP contribution in [-0.2, 0) is 23.8 Å². The van der Waals surface area contributed by atoms with Gasteiger partial charge in [-0.05, 0) is 27.7 Å². The molecule has 0 aromatic rings. The minimum atomic E-state index is -0.670. The predicted octanol–water partition coefficient (Wildman–Crippen LogP) is 2.22. The fourth-order valence-electron chi connectivity index (χ4n) is 3.98. The first-order chi connectivity index (χ1) is 12.1. The van der Waals surface area contributed by atoms with Crippen LogP contribution in [0.5, 0.6) is 0 Å². The van der Waals surface area contributed by atoms with E-state index in [9.17, 15) is 14.7 Å². The topological polar surface area (TPSA) is 85.4 Å². The molecule has 1 aliphatic carbocycles. The fourth-order valence-corrected chi connectivity index (χ4v) is 3.98. The summed E-state index contributed by atoms with van der Waals surface area (Å²) >= 11 is 0. The van der Waals surface area contributed by atoms with Crippen molar-refractivity contribution in [2.45, 2.75) is 70.6 Å². The molecule has 0 spiro atoms. The summed E-state index contributed by atoms with van der Waals surface area (Å²) < 4.78 is 17.0. The van der Waals surface area contributed by atoms with Crippen LogP contribution in [0.2, 0.25) is 0 Å². The molecule has 2 saturated heterocycles. The Kier molecular flexibility index (Phi) is 4.84. The van der Waals surface area contributed by atoms with Crippen molar-refractivity contribution in [3.8, 4) is 0 Å². The van der Waals surface area contributed by atoms with Gasteiger partial charge in [0.1, 0.15) is 18.3 Å². The molecule has 2 fully saturated rings. The number of aliphatic hydroxyl groups excluding tert-OH is 1. The molecule has 1 N–H and O–H groups in total. The zero-order valence-electron chi connectivity index (χ0n) is 15.7. The maximum atomic E-state index is 12.2. The number of allylic oxidation sites excluding steroid dienone is 1. The molecule has 6 unspecified atom stereocenters. The number of epoxide rings is 1. The number of aliphatic hydroxyl groups is 1. The van der Waals surface area contributed by atoms with Gasteiger partial charge in [-0.15, -0.1) is 0 Å². The van der Waals surface area contributed by atoms with E-state index in [2.05, 4.69) is 6.58 Å². The molecule has 3 rings (SSSR count). The lowest BCUT2D eigenvalue weighted by molar-refractivity contribution is -0.147. The van der Waals surface area contributed by atoms with E-state index < -0.39 is 41.8 Å². The molecular formula is C20H26O6. The lowest BCUT2D eigenvalue weighted by Crippen LogP contribution is -2.39. The van der Waals surface area contributed by atoms with Crippen LogP contribution in [-0.4, -0.2) is 47.1 Å². The van der Waals surface area contributed by atoms with Crippen LogP contribution < -0.4 is 0 Å². The lowest BCUT2D eigenvalue weighted by Gasteiger charge is -2.28. The molecule has 0 aromatic carbocycles. The number of rotatable bonds is 2. The molecule has 0 bridgehead atoms. The lowest BCUT2D eigenvalue weighted by atomic mass is 9.81. The standard InChI is InChI=1S/C20H26O6/c1-10(2)6-15(22)24-14-8-11(3)7-13(21)9-20(5)18(26-20)17-16(14)12(4)19(23)25-17/h6-7,13-14,16-18,21H,4,8-9H2,1-3,5H3. The number of carbonyl (C=O) groups is 2. The largest absolute Gasteiger partial charge is 0.458 e. The maximum absolute atomic E-state index is 12.2. The van der Waals surface area contributed by atoms with Crippen LogP contribution in [0.1, 0.15) is 40.5 Å². The van der Waals surface area contributed by atoms with E-state index in [1.165, 1.54) is 6.08 Å². The van der Waals surface area contributed by atoms with E-state index in [0.29, 0.717) is 18.4 Å². The summed E-state index contributed by atoms with van der Waals surface area (Å²) in [5.41, 5.74) is 1.43. The zero-order valence-corrected chi connectivity index (χ0v) is 15.7. The van der Waals surface area contributed by atoms with E-state index in [4.69, 9.17) is 14.2 Å². The monoisotopic (exact) mass is 362 g/mol. The Balaban J connectivity index is 1.96. The van der Waals surface area contributed by atoms with Crippen molar-refractivity contribution < 1.29 is 28.9 Å². The van der Waals surface area contributed by atoms with Gasteiger partial charge in [0, 0.05) is 24.5 Å². The van der Waals surface area contributed by atoms with Crippen LogP contribution >= 0.6 is 0 Å². The highest BCUT2D eigenvalue weighted by Gasteiger charge is 2.64. The summed E-state index contributed by atoms with van der Waals surface area (Å²) in [5.74, 6) is -1.42. The molecule has 2 heterocycles. The van der Waals surface area contributed by atoms with Gasteiger partial charge < -0.3 is 19.3 Å². The maximum Gasteiger partial charge on any atom is 0.334 e. The average molecular weight is 362 g/mol. The molecule has 142 valence electrons. The van der Waals surface area contributed by atoms with Crippen molar-refractivity contribution in [3.05, 3.63) is 35.5 Å². The number of hydrogen-bond acceptors (Lipinski definition) is 6. The van der Waals surface area contributed by atoms with Crippen molar-refractivity contribution in [3.63, 3.8) is 0 Å². The van der Waals surface area contributed by atoms with Gasteiger partial charge in [-0.1, -0.05) is 23.8 Å². The highest BCUT2D eigenvalue weighted by atomic mass is 16.6. The third kappa shape index (κ3) is 3.62. The normalized spacial score (nSPS) is 39.1. The van der Waals surface area contributed by atoms with Gasteiger partial charge in [-0.2, -0.15) is 0 Å². The summed E-state index contributed by atoms with van der Waals surface area (Å²) in [4.78, 5) is 24.4. The molecule has 0 saturated carbocycles. The highest BCUT2D eigenvalue weighted by Crippen LogP contribution is 2.50. The van der Waals surface area contributed by atoms with Gasteiger partial charge in [0.05, 0.1) is 17.6 Å². The third-order valence-electron chi connectivity index (χ3n) is 5.19. The Morgan fingerprint density at radius 2 is 2.15 bits per heavy atom. The number of fused-ring (bicyclic) bond motifs is 3. The summed E-state index contributed by atoms with van der Waals surface area (Å²) in [6.07, 6.45) is 1.79. The van der Waals surface area contributed by atoms with Gasteiger partial charge in [-0.25, -0.2) is 9.59 Å². The fraction of sp³-hybridized carbons (Fsp3) is 0.600. The number of ether oxygens (including phenoxy) is 3. The first kappa shape index (κ1) is 18.9. The molecule has 2 aliphatic heterocycles. The number of hydrogen-bond donors (Lipinski definition) is 1. The first-order valence-corrected chi connectivity index (χ1v) is 8.89. The second kappa shape index (κ2) is 6.67. The van der Waals surface area contributed by atoms with Crippen LogP contribution in [0.3, 0.4) is 0 Å². The Morgan fingerprint density at radius 3 is 2.81 bits per heavy atom. The van der Waals surface area contributed by atoms with Crippen LogP contribution in [0, 0.1) is 5.92 Å². The molecule has 0 radical (unpaired) electrons. The number of esters is 2. The number of carbonyl (C=O) groups excluding carboxylic acids is 2. The Morgan fingerprint density at radius 1 is 1.46 bits per heavy atom. The Hall–Kier alpha value is -1.92. The summed E-state index contributed by atoms with van der Waals surface area (Å²) in [5, 5.41) is 10.3. The van der Waals surface area contributed by atoms with Crippen molar-refractivity contribution in [2.24, 2.45) is 5.92 Å². The third-order valence-corrected chi connectivity index (χ3v) is 5.19.